The average molecular weight is 465 g/mol. The van der Waals surface area contributed by atoms with Gasteiger partial charge in [-0.2, -0.15) is 0 Å². The lowest BCUT2D eigenvalue weighted by Crippen LogP contribution is -2.40. The molecule has 2 N–H and O–H groups in total. The predicted octanol–water partition coefficient (Wildman–Crippen LogP) is 1.94. The van der Waals surface area contributed by atoms with Crippen LogP contribution in [0.1, 0.15) is 48.7 Å². The summed E-state index contributed by atoms with van der Waals surface area (Å²) in [4.78, 5) is 38.6. The summed E-state index contributed by atoms with van der Waals surface area (Å²) in [7, 11) is 0. The van der Waals surface area contributed by atoms with E-state index in [0.29, 0.717) is 18.4 Å². The summed E-state index contributed by atoms with van der Waals surface area (Å²) >= 11 is 6.25. The molecule has 3 atom stereocenters. The van der Waals surface area contributed by atoms with Crippen LogP contribution in [0.25, 0.3) is 0 Å². The number of halogens is 1. The molecule has 1 aliphatic carbocycles. The SMILES string of the molecule is O=C(OC[C@]1(CCl)CC(OC2(O)CCCC2)[C@H](n2ccc(=O)[nH]c2=O)O1)c1ccccc1. The maximum atomic E-state index is 12.4. The van der Waals surface area contributed by atoms with Crippen LogP contribution in [0.3, 0.4) is 0 Å². The van der Waals surface area contributed by atoms with Gasteiger partial charge in [0, 0.05) is 31.5 Å². The molecule has 0 radical (unpaired) electrons. The Morgan fingerprint density at radius 1 is 1.22 bits per heavy atom. The highest BCUT2D eigenvalue weighted by molar-refractivity contribution is 6.18. The summed E-state index contributed by atoms with van der Waals surface area (Å²) in [5.41, 5.74) is -1.99. The second kappa shape index (κ2) is 9.19. The highest BCUT2D eigenvalue weighted by atomic mass is 35.5. The van der Waals surface area contributed by atoms with Gasteiger partial charge in [-0.3, -0.25) is 14.3 Å². The number of nitrogens with one attached hydrogen (secondary N) is 1. The molecule has 1 aromatic heterocycles. The summed E-state index contributed by atoms with van der Waals surface area (Å²) in [6.07, 6.45) is 2.33. The van der Waals surface area contributed by atoms with Crippen molar-refractivity contribution >= 4 is 17.6 Å². The van der Waals surface area contributed by atoms with Crippen molar-refractivity contribution < 1.29 is 24.1 Å². The number of ether oxygens (including phenoxy) is 3. The number of nitrogens with zero attached hydrogens (tertiary/aromatic N) is 1. The molecule has 2 aromatic rings. The molecule has 10 heteroatoms. The summed E-state index contributed by atoms with van der Waals surface area (Å²) in [5.74, 6) is -1.90. The molecule has 172 valence electrons. The van der Waals surface area contributed by atoms with E-state index < -0.39 is 40.9 Å². The molecule has 0 bridgehead atoms. The Bertz CT molecular complexity index is 1060. The number of aromatic nitrogens is 2. The van der Waals surface area contributed by atoms with Gasteiger partial charge < -0.3 is 19.3 Å². The van der Waals surface area contributed by atoms with Crippen molar-refractivity contribution in [2.24, 2.45) is 0 Å². The zero-order chi connectivity index (χ0) is 22.8. The third kappa shape index (κ3) is 4.80. The maximum Gasteiger partial charge on any atom is 0.338 e. The van der Waals surface area contributed by atoms with E-state index in [9.17, 15) is 19.5 Å². The number of H-pyrrole nitrogens is 1. The number of hydrogen-bond acceptors (Lipinski definition) is 7. The standard InChI is InChI=1S/C22H25ClN2O7/c23-13-21(14-30-19(27)15-6-2-1-3-7-15)12-16(31-22(29)9-4-5-10-22)18(32-21)25-11-8-17(26)24-20(25)28/h1-3,6-8,11,16,18,29H,4-5,9-10,12-14H2,(H,24,26,28)/t16?,18-,21-/m1/s1. The van der Waals surface area contributed by atoms with Crippen molar-refractivity contribution in [1.82, 2.24) is 9.55 Å². The summed E-state index contributed by atoms with van der Waals surface area (Å²) in [6, 6.07) is 9.71. The molecule has 2 fully saturated rings. The highest BCUT2D eigenvalue weighted by Gasteiger charge is 2.51. The predicted molar refractivity (Wildman–Crippen MR) is 115 cm³/mol. The number of aliphatic hydroxyl groups is 1. The third-order valence-electron chi connectivity index (χ3n) is 5.86. The molecule has 1 aromatic carbocycles. The first-order chi connectivity index (χ1) is 15.3. The van der Waals surface area contributed by atoms with Crippen molar-refractivity contribution in [3.8, 4) is 0 Å². The fourth-order valence-corrected chi connectivity index (χ4v) is 4.46. The second-order valence-corrected chi connectivity index (χ2v) is 8.57. The third-order valence-corrected chi connectivity index (χ3v) is 6.35. The summed E-state index contributed by atoms with van der Waals surface area (Å²) < 4.78 is 18.9. The van der Waals surface area contributed by atoms with E-state index in [-0.39, 0.29) is 18.9 Å². The average Bonchev–Trinajstić information content (AvgIpc) is 3.37. The Hall–Kier alpha value is -2.46. The lowest BCUT2D eigenvalue weighted by Gasteiger charge is -2.29. The summed E-state index contributed by atoms with van der Waals surface area (Å²) in [5, 5.41) is 10.8. The van der Waals surface area contributed by atoms with Gasteiger partial charge >= 0.3 is 11.7 Å². The molecular weight excluding hydrogens is 440 g/mol. The Labute approximate surface area is 188 Å². The van der Waals surface area contributed by atoms with E-state index in [1.165, 1.54) is 16.8 Å². The normalized spacial score (nSPS) is 26.8. The molecule has 0 spiro atoms. The van der Waals surface area contributed by atoms with Crippen LogP contribution in [-0.2, 0) is 14.2 Å². The van der Waals surface area contributed by atoms with E-state index in [4.69, 9.17) is 25.8 Å². The monoisotopic (exact) mass is 464 g/mol. The van der Waals surface area contributed by atoms with Crippen LogP contribution < -0.4 is 11.2 Å². The number of rotatable bonds is 7. The minimum atomic E-state index is -1.33. The van der Waals surface area contributed by atoms with Crippen molar-refractivity contribution in [3.05, 3.63) is 69.0 Å². The van der Waals surface area contributed by atoms with Crippen LogP contribution >= 0.6 is 11.6 Å². The summed E-state index contributed by atoms with van der Waals surface area (Å²) in [6.45, 7) is -0.170. The van der Waals surface area contributed by atoms with E-state index in [1.807, 2.05) is 0 Å². The molecule has 32 heavy (non-hydrogen) atoms. The van der Waals surface area contributed by atoms with Gasteiger partial charge in [0.1, 0.15) is 18.3 Å². The Kier molecular flexibility index (Phi) is 6.52. The van der Waals surface area contributed by atoms with E-state index in [2.05, 4.69) is 4.98 Å². The Balaban J connectivity index is 1.58. The van der Waals surface area contributed by atoms with E-state index in [0.717, 1.165) is 12.8 Å². The van der Waals surface area contributed by atoms with Gasteiger partial charge in [-0.25, -0.2) is 9.59 Å². The van der Waals surface area contributed by atoms with E-state index >= 15 is 0 Å². The van der Waals surface area contributed by atoms with Crippen molar-refractivity contribution in [2.75, 3.05) is 12.5 Å². The molecule has 9 nitrogen and oxygen atoms in total. The van der Waals surface area contributed by atoms with Gasteiger partial charge in [0.05, 0.1) is 11.4 Å². The zero-order valence-electron chi connectivity index (χ0n) is 17.4. The van der Waals surface area contributed by atoms with Crippen LogP contribution in [0, 0.1) is 0 Å². The zero-order valence-corrected chi connectivity index (χ0v) is 18.1. The van der Waals surface area contributed by atoms with Crippen LogP contribution in [0.15, 0.2) is 52.2 Å². The topological polar surface area (TPSA) is 120 Å². The molecule has 0 amide bonds. The lowest BCUT2D eigenvalue weighted by molar-refractivity contribution is -0.240. The van der Waals surface area contributed by atoms with Gasteiger partial charge in [-0.1, -0.05) is 18.2 Å². The largest absolute Gasteiger partial charge is 0.459 e. The molecule has 2 aliphatic rings. The quantitative estimate of drug-likeness (QED) is 0.365. The number of hydrogen-bond donors (Lipinski definition) is 2. The first-order valence-corrected chi connectivity index (χ1v) is 11.0. The number of esters is 1. The highest BCUT2D eigenvalue weighted by Crippen LogP contribution is 2.43. The number of aromatic amines is 1. The Morgan fingerprint density at radius 2 is 1.94 bits per heavy atom. The number of benzene rings is 1. The minimum Gasteiger partial charge on any atom is -0.459 e. The van der Waals surface area contributed by atoms with Crippen LogP contribution in [0.5, 0.6) is 0 Å². The molecular formula is C22H25ClN2O7. The van der Waals surface area contributed by atoms with Gasteiger partial charge in [0.2, 0.25) is 0 Å². The number of carbonyl (C=O) groups is 1. The molecule has 1 aliphatic heterocycles. The fraction of sp³-hybridized carbons (Fsp3) is 0.500. The smallest absolute Gasteiger partial charge is 0.338 e. The first-order valence-electron chi connectivity index (χ1n) is 10.5. The van der Waals surface area contributed by atoms with Crippen molar-refractivity contribution in [3.63, 3.8) is 0 Å². The number of alkyl halides is 1. The maximum absolute atomic E-state index is 12.4. The molecule has 1 saturated carbocycles. The van der Waals surface area contributed by atoms with Gasteiger partial charge in [-0.05, 0) is 25.0 Å². The molecule has 1 unspecified atom stereocenters. The molecule has 1 saturated heterocycles. The molecule has 4 rings (SSSR count). The Morgan fingerprint density at radius 3 is 2.59 bits per heavy atom. The second-order valence-electron chi connectivity index (χ2n) is 8.30. The van der Waals surface area contributed by atoms with Gasteiger partial charge in [-0.15, -0.1) is 11.6 Å². The van der Waals surface area contributed by atoms with Gasteiger partial charge in [0.15, 0.2) is 12.0 Å². The van der Waals surface area contributed by atoms with Crippen LogP contribution in [0.4, 0.5) is 0 Å². The van der Waals surface area contributed by atoms with Crippen molar-refractivity contribution in [1.29, 1.82) is 0 Å². The molecule has 2 heterocycles. The fourth-order valence-electron chi connectivity index (χ4n) is 4.21. The van der Waals surface area contributed by atoms with Crippen LogP contribution in [-0.4, -0.2) is 50.6 Å². The van der Waals surface area contributed by atoms with Crippen LogP contribution in [0.2, 0.25) is 0 Å². The van der Waals surface area contributed by atoms with Gasteiger partial charge in [0.25, 0.3) is 5.56 Å². The first kappa shape index (κ1) is 22.7. The minimum absolute atomic E-state index is 0.0397. The lowest BCUT2D eigenvalue weighted by atomic mass is 10.0. The number of carbonyl (C=O) groups excluding carboxylic acids is 1. The van der Waals surface area contributed by atoms with E-state index in [1.54, 1.807) is 30.3 Å². The van der Waals surface area contributed by atoms with Crippen molar-refractivity contribution in [2.45, 2.75) is 55.8 Å².